The summed E-state index contributed by atoms with van der Waals surface area (Å²) >= 11 is 0. The maximum Gasteiger partial charge on any atom is 0.387 e. The van der Waals surface area contributed by atoms with Gasteiger partial charge in [-0.1, -0.05) is 18.2 Å². The summed E-state index contributed by atoms with van der Waals surface area (Å²) in [6.45, 7) is -1.30. The summed E-state index contributed by atoms with van der Waals surface area (Å²) in [7, 11) is 0. The molecule has 130 valence electrons. The molecule has 1 aliphatic heterocycles. The normalized spacial score (nSPS) is 19.6. The average Bonchev–Trinajstić information content (AvgIpc) is 3.06. The third kappa shape index (κ3) is 2.55. The number of rotatable bonds is 3. The Morgan fingerprint density at radius 2 is 2.04 bits per heavy atom. The minimum absolute atomic E-state index is 0.0585. The van der Waals surface area contributed by atoms with Crippen LogP contribution in [0, 0.1) is 12.7 Å². The molecule has 2 atom stereocenters. The molecule has 4 nitrogen and oxygen atoms in total. The molecule has 0 amide bonds. The fraction of sp³-hybridized carbons (Fsp3) is 0.278. The van der Waals surface area contributed by atoms with Crippen molar-refractivity contribution < 1.29 is 23.0 Å². The second kappa shape index (κ2) is 5.77. The van der Waals surface area contributed by atoms with Crippen LogP contribution in [0.1, 0.15) is 35.5 Å². The number of benzene rings is 2. The van der Waals surface area contributed by atoms with E-state index in [9.17, 15) is 18.3 Å². The molecule has 2 heterocycles. The van der Waals surface area contributed by atoms with Crippen molar-refractivity contribution in [1.29, 1.82) is 0 Å². The van der Waals surface area contributed by atoms with E-state index < -0.39 is 18.8 Å². The molecule has 0 unspecified atom stereocenters. The summed E-state index contributed by atoms with van der Waals surface area (Å²) in [5.41, 5.74) is 2.06. The molecule has 3 aromatic rings. The first-order chi connectivity index (χ1) is 12.0. The van der Waals surface area contributed by atoms with Crippen LogP contribution in [0.25, 0.3) is 11.0 Å². The van der Waals surface area contributed by atoms with Crippen molar-refractivity contribution in [2.75, 3.05) is 0 Å². The fourth-order valence-corrected chi connectivity index (χ4v) is 3.45. The number of para-hydroxylation sites is 1. The molecule has 7 heteroatoms. The third-order valence-corrected chi connectivity index (χ3v) is 4.55. The van der Waals surface area contributed by atoms with Gasteiger partial charge in [0.1, 0.15) is 23.5 Å². The number of alkyl halides is 2. The van der Waals surface area contributed by atoms with E-state index in [0.29, 0.717) is 28.0 Å². The Balaban J connectivity index is 1.90. The molecular formula is C18H15F3N2O2. The van der Waals surface area contributed by atoms with Gasteiger partial charge in [-0.25, -0.2) is 9.37 Å². The number of aryl methyl sites for hydroxylation is 1. The Bertz CT molecular complexity index is 955. The van der Waals surface area contributed by atoms with Crippen molar-refractivity contribution >= 4 is 11.0 Å². The van der Waals surface area contributed by atoms with Gasteiger partial charge in [0, 0.05) is 18.1 Å². The first-order valence-corrected chi connectivity index (χ1v) is 7.85. The largest absolute Gasteiger partial charge is 0.434 e. The number of ether oxygens (including phenoxy) is 1. The molecular weight excluding hydrogens is 333 g/mol. The van der Waals surface area contributed by atoms with Crippen LogP contribution in [-0.4, -0.2) is 21.3 Å². The Labute approximate surface area is 141 Å². The van der Waals surface area contributed by atoms with Gasteiger partial charge in [0.25, 0.3) is 0 Å². The molecule has 1 aliphatic rings. The van der Waals surface area contributed by atoms with Crippen molar-refractivity contribution in [2.24, 2.45) is 0 Å². The first-order valence-electron chi connectivity index (χ1n) is 7.85. The Kier molecular flexibility index (Phi) is 3.68. The SMILES string of the molecule is Cc1cc2c(cc1F)nc1n2[C@@H](c2ccccc2OC(F)F)C[C@@H]1O. The highest BCUT2D eigenvalue weighted by atomic mass is 19.3. The van der Waals surface area contributed by atoms with E-state index in [0.717, 1.165) is 0 Å². The van der Waals surface area contributed by atoms with E-state index in [4.69, 9.17) is 0 Å². The van der Waals surface area contributed by atoms with Crippen LogP contribution >= 0.6 is 0 Å². The third-order valence-electron chi connectivity index (χ3n) is 4.55. The summed E-state index contributed by atoms with van der Waals surface area (Å²) in [6.07, 6.45) is -0.571. The van der Waals surface area contributed by atoms with E-state index >= 15 is 0 Å². The van der Waals surface area contributed by atoms with Crippen molar-refractivity contribution in [3.05, 3.63) is 59.2 Å². The lowest BCUT2D eigenvalue weighted by Gasteiger charge is -2.18. The molecule has 0 aliphatic carbocycles. The molecule has 0 radical (unpaired) electrons. The Hall–Kier alpha value is -2.54. The zero-order chi connectivity index (χ0) is 17.7. The van der Waals surface area contributed by atoms with Crippen LogP contribution < -0.4 is 4.74 Å². The Morgan fingerprint density at radius 3 is 2.80 bits per heavy atom. The molecule has 0 saturated heterocycles. The number of fused-ring (bicyclic) bond motifs is 3. The molecule has 2 aromatic carbocycles. The summed E-state index contributed by atoms with van der Waals surface area (Å²) in [6, 6.07) is 9.04. The summed E-state index contributed by atoms with van der Waals surface area (Å²) in [5, 5.41) is 10.4. The van der Waals surface area contributed by atoms with Crippen LogP contribution in [0.2, 0.25) is 0 Å². The number of aliphatic hydroxyl groups is 1. The monoisotopic (exact) mass is 348 g/mol. The van der Waals surface area contributed by atoms with Gasteiger partial charge in [0.2, 0.25) is 0 Å². The number of aromatic nitrogens is 2. The fourth-order valence-electron chi connectivity index (χ4n) is 3.45. The maximum absolute atomic E-state index is 13.8. The van der Waals surface area contributed by atoms with Gasteiger partial charge in [-0.3, -0.25) is 0 Å². The minimum Gasteiger partial charge on any atom is -0.434 e. The molecule has 0 bridgehead atoms. The van der Waals surface area contributed by atoms with Crippen molar-refractivity contribution in [2.45, 2.75) is 32.1 Å². The highest BCUT2D eigenvalue weighted by Gasteiger charge is 2.35. The maximum atomic E-state index is 13.8. The topological polar surface area (TPSA) is 47.3 Å². The van der Waals surface area contributed by atoms with Gasteiger partial charge in [0.15, 0.2) is 0 Å². The molecule has 0 spiro atoms. The van der Waals surface area contributed by atoms with Crippen molar-refractivity contribution in [3.63, 3.8) is 0 Å². The Morgan fingerprint density at radius 1 is 1.28 bits per heavy atom. The van der Waals surface area contributed by atoms with E-state index in [1.807, 2.05) is 0 Å². The molecule has 1 N–H and O–H groups in total. The summed E-state index contributed by atoms with van der Waals surface area (Å²) in [5.74, 6) is 0.0804. The van der Waals surface area contributed by atoms with Gasteiger partial charge in [-0.05, 0) is 24.6 Å². The van der Waals surface area contributed by atoms with Gasteiger partial charge in [-0.2, -0.15) is 8.78 Å². The number of imidazole rings is 1. The number of aliphatic hydroxyl groups excluding tert-OH is 1. The number of nitrogens with zero attached hydrogens (tertiary/aromatic N) is 2. The smallest absolute Gasteiger partial charge is 0.387 e. The van der Waals surface area contributed by atoms with Gasteiger partial charge in [0.05, 0.1) is 17.1 Å². The van der Waals surface area contributed by atoms with E-state index in [1.165, 1.54) is 12.1 Å². The van der Waals surface area contributed by atoms with Gasteiger partial charge < -0.3 is 14.4 Å². The van der Waals surface area contributed by atoms with E-state index in [1.54, 1.807) is 35.8 Å². The molecule has 0 saturated carbocycles. The number of hydrogen-bond donors (Lipinski definition) is 1. The lowest BCUT2D eigenvalue weighted by Crippen LogP contribution is -2.10. The van der Waals surface area contributed by atoms with E-state index in [-0.39, 0.29) is 18.0 Å². The van der Waals surface area contributed by atoms with E-state index in [2.05, 4.69) is 9.72 Å². The van der Waals surface area contributed by atoms with Gasteiger partial charge in [-0.15, -0.1) is 0 Å². The average molecular weight is 348 g/mol. The summed E-state index contributed by atoms with van der Waals surface area (Å²) < 4.78 is 45.7. The number of hydrogen-bond acceptors (Lipinski definition) is 3. The van der Waals surface area contributed by atoms with Crippen molar-refractivity contribution in [3.8, 4) is 5.75 Å². The van der Waals surface area contributed by atoms with Crippen molar-refractivity contribution in [1.82, 2.24) is 9.55 Å². The van der Waals surface area contributed by atoms with Crippen LogP contribution in [0.5, 0.6) is 5.75 Å². The second-order valence-corrected chi connectivity index (χ2v) is 6.11. The quantitative estimate of drug-likeness (QED) is 0.775. The lowest BCUT2D eigenvalue weighted by molar-refractivity contribution is -0.0507. The van der Waals surface area contributed by atoms with Gasteiger partial charge >= 0.3 is 6.61 Å². The predicted molar refractivity (Wildman–Crippen MR) is 85.2 cm³/mol. The summed E-state index contributed by atoms with van der Waals surface area (Å²) in [4.78, 5) is 4.33. The standard InChI is InChI=1S/C18H15F3N2O2/c1-9-6-14-12(7-11(9)19)22-17-15(24)8-13(23(14)17)10-4-2-3-5-16(10)25-18(20)21/h2-7,13,15,18,24H,8H2,1H3/t13-,15+/m1/s1. The highest BCUT2D eigenvalue weighted by molar-refractivity contribution is 5.78. The second-order valence-electron chi connectivity index (χ2n) is 6.11. The molecule has 0 fully saturated rings. The molecule has 25 heavy (non-hydrogen) atoms. The predicted octanol–water partition coefficient (Wildman–Crippen LogP) is 4.11. The number of halogens is 3. The zero-order valence-electron chi connectivity index (χ0n) is 13.3. The van der Waals surface area contributed by atoms with Crippen LogP contribution in [0.3, 0.4) is 0 Å². The lowest BCUT2D eigenvalue weighted by atomic mass is 10.0. The molecule has 1 aromatic heterocycles. The molecule has 4 rings (SSSR count). The minimum atomic E-state index is -2.94. The van der Waals surface area contributed by atoms with Crippen LogP contribution in [0.4, 0.5) is 13.2 Å². The zero-order valence-corrected chi connectivity index (χ0v) is 13.3. The van der Waals surface area contributed by atoms with Crippen LogP contribution in [0.15, 0.2) is 36.4 Å². The highest BCUT2D eigenvalue weighted by Crippen LogP contribution is 2.44. The van der Waals surface area contributed by atoms with Crippen LogP contribution in [-0.2, 0) is 0 Å². The first kappa shape index (κ1) is 16.0.